The fraction of sp³-hybridized carbons (Fsp3) is 0.949. The first-order chi connectivity index (χ1) is 47.4. The van der Waals surface area contributed by atoms with E-state index >= 15 is 0 Å². The van der Waals surface area contributed by atoms with Crippen LogP contribution >= 0.6 is 15.6 Å². The molecule has 0 spiro atoms. The smallest absolute Gasteiger partial charge is 0.462 e. The van der Waals surface area contributed by atoms with Gasteiger partial charge in [-0.1, -0.05) is 363 Å². The Morgan fingerprint density at radius 1 is 0.296 bits per heavy atom. The normalized spacial score (nSPS) is 14.2. The number of aliphatic hydroxyl groups excluding tert-OH is 1. The fourth-order valence-electron chi connectivity index (χ4n) is 12.2. The van der Waals surface area contributed by atoms with E-state index in [9.17, 15) is 43.2 Å². The highest BCUT2D eigenvalue weighted by atomic mass is 31.2. The molecule has 98 heavy (non-hydrogen) atoms. The number of phosphoric acid groups is 2. The quantitative estimate of drug-likeness (QED) is 0.0222. The van der Waals surface area contributed by atoms with Gasteiger partial charge in [-0.25, -0.2) is 9.13 Å². The molecule has 19 heteroatoms. The average Bonchev–Trinajstić information content (AvgIpc) is 1.08. The molecule has 0 amide bonds. The number of hydrogen-bond acceptors (Lipinski definition) is 15. The number of carbonyl (C=O) groups excluding carboxylic acids is 4. The van der Waals surface area contributed by atoms with Crippen LogP contribution in [0.4, 0.5) is 0 Å². The predicted octanol–water partition coefficient (Wildman–Crippen LogP) is 23.5. The number of ether oxygens (including phenoxy) is 4. The largest absolute Gasteiger partial charge is 0.472 e. The van der Waals surface area contributed by atoms with Crippen LogP contribution in [0.2, 0.25) is 0 Å². The molecular weight excluding hydrogens is 1280 g/mol. The van der Waals surface area contributed by atoms with Gasteiger partial charge in [0.15, 0.2) is 12.2 Å². The molecule has 0 aliphatic carbocycles. The van der Waals surface area contributed by atoms with E-state index in [0.29, 0.717) is 25.7 Å². The minimum absolute atomic E-state index is 0.105. The molecule has 0 aliphatic heterocycles. The van der Waals surface area contributed by atoms with Crippen LogP contribution in [-0.4, -0.2) is 96.7 Å². The SMILES string of the molecule is CCCCCCCCCCCCCCCCCCCCCCCCC(=O)O[C@H](COC(=O)CCCCCCCCCCCCCCCCC(C)C)COP(=O)(O)OC[C@@H](O)COP(=O)(O)OC[C@@H](COC(=O)CCCCCCCCC)OC(=O)CCCCCCCCCCC(C)CC. The van der Waals surface area contributed by atoms with Gasteiger partial charge in [0.25, 0.3) is 0 Å². The average molecular weight is 1440 g/mol. The van der Waals surface area contributed by atoms with Crippen LogP contribution in [0.5, 0.6) is 0 Å². The van der Waals surface area contributed by atoms with Gasteiger partial charge in [-0.05, 0) is 37.5 Å². The first-order valence-corrected chi connectivity index (χ1v) is 44.0. The van der Waals surface area contributed by atoms with E-state index in [-0.39, 0.29) is 25.7 Å². The molecule has 0 aromatic rings. The molecule has 3 unspecified atom stereocenters. The first kappa shape index (κ1) is 96.1. The van der Waals surface area contributed by atoms with Gasteiger partial charge in [-0.2, -0.15) is 0 Å². The van der Waals surface area contributed by atoms with Gasteiger partial charge in [-0.3, -0.25) is 37.3 Å². The van der Waals surface area contributed by atoms with E-state index in [0.717, 1.165) is 115 Å². The minimum atomic E-state index is -4.96. The lowest BCUT2D eigenvalue weighted by molar-refractivity contribution is -0.161. The van der Waals surface area contributed by atoms with Crippen molar-refractivity contribution in [1.82, 2.24) is 0 Å². The van der Waals surface area contributed by atoms with Gasteiger partial charge < -0.3 is 33.8 Å². The summed E-state index contributed by atoms with van der Waals surface area (Å²) in [6.45, 7) is 9.59. The third-order valence-electron chi connectivity index (χ3n) is 18.8. The summed E-state index contributed by atoms with van der Waals surface area (Å²) in [7, 11) is -9.91. The number of rotatable bonds is 78. The Kier molecular flexibility index (Phi) is 69.3. The van der Waals surface area contributed by atoms with Crippen molar-refractivity contribution in [2.45, 2.75) is 432 Å². The summed E-state index contributed by atoms with van der Waals surface area (Å²) in [4.78, 5) is 72.8. The standard InChI is InChI=1S/C79H154O17P2/c1-7-10-12-14-16-17-18-19-20-21-22-23-24-25-26-27-32-35-38-45-51-57-63-78(83)95-75(68-90-77(82)62-56-50-44-37-34-31-29-28-30-33-36-42-47-53-59-71(4)5)70-94-98(87,88)92-66-73(80)65-91-97(85,86)93-69-74(67-89-76(81)61-55-49-41-15-13-11-8-2)96-79(84)64-58-52-46-40-39-43-48-54-60-72(6)9-3/h71-75,80H,7-70H2,1-6H3,(H,85,86)(H,87,88)/t72?,73-,74+,75+/m0/s1. The first-order valence-electron chi connectivity index (χ1n) is 41.0. The molecule has 0 heterocycles. The van der Waals surface area contributed by atoms with Crippen LogP contribution in [0, 0.1) is 11.8 Å². The van der Waals surface area contributed by atoms with Crippen LogP contribution in [0.3, 0.4) is 0 Å². The highest BCUT2D eigenvalue weighted by molar-refractivity contribution is 7.47. The summed E-state index contributed by atoms with van der Waals surface area (Å²) in [6.07, 6.45) is 60.0. The number of phosphoric ester groups is 2. The second kappa shape index (κ2) is 70.7. The van der Waals surface area contributed by atoms with Crippen LogP contribution < -0.4 is 0 Å². The highest BCUT2D eigenvalue weighted by Gasteiger charge is 2.30. The fourth-order valence-corrected chi connectivity index (χ4v) is 13.7. The molecule has 17 nitrogen and oxygen atoms in total. The molecule has 0 saturated heterocycles. The van der Waals surface area contributed by atoms with Gasteiger partial charge in [0, 0.05) is 25.7 Å². The summed E-state index contributed by atoms with van der Waals surface area (Å²) in [6, 6.07) is 0. The Hall–Kier alpha value is -1.94. The van der Waals surface area contributed by atoms with Crippen LogP contribution in [0.1, 0.15) is 414 Å². The van der Waals surface area contributed by atoms with E-state index < -0.39 is 97.5 Å². The van der Waals surface area contributed by atoms with Gasteiger partial charge in [0.2, 0.25) is 0 Å². The lowest BCUT2D eigenvalue weighted by Gasteiger charge is -2.21. The molecule has 0 bridgehead atoms. The Balaban J connectivity index is 5.16. The lowest BCUT2D eigenvalue weighted by Crippen LogP contribution is -2.30. The second-order valence-corrected chi connectivity index (χ2v) is 32.1. The van der Waals surface area contributed by atoms with Crippen molar-refractivity contribution >= 4 is 39.5 Å². The summed E-state index contributed by atoms with van der Waals surface area (Å²) in [5.41, 5.74) is 0. The van der Waals surface area contributed by atoms with Gasteiger partial charge >= 0.3 is 39.5 Å². The van der Waals surface area contributed by atoms with E-state index in [2.05, 4.69) is 41.5 Å². The summed E-state index contributed by atoms with van der Waals surface area (Å²) < 4.78 is 68.5. The Morgan fingerprint density at radius 3 is 0.776 bits per heavy atom. The molecule has 0 radical (unpaired) electrons. The lowest BCUT2D eigenvalue weighted by atomic mass is 9.99. The van der Waals surface area contributed by atoms with Crippen molar-refractivity contribution in [3.05, 3.63) is 0 Å². The van der Waals surface area contributed by atoms with Crippen molar-refractivity contribution in [3.8, 4) is 0 Å². The second-order valence-electron chi connectivity index (χ2n) is 29.2. The Morgan fingerprint density at radius 2 is 0.520 bits per heavy atom. The monoisotopic (exact) mass is 1440 g/mol. The van der Waals surface area contributed by atoms with E-state index in [1.165, 1.54) is 218 Å². The maximum atomic E-state index is 13.1. The number of aliphatic hydroxyl groups is 1. The maximum absolute atomic E-state index is 13.1. The molecule has 0 aromatic carbocycles. The van der Waals surface area contributed by atoms with Crippen molar-refractivity contribution in [2.24, 2.45) is 11.8 Å². The van der Waals surface area contributed by atoms with Gasteiger partial charge in [0.1, 0.15) is 19.3 Å². The number of hydrogen-bond donors (Lipinski definition) is 3. The van der Waals surface area contributed by atoms with E-state index in [1.54, 1.807) is 0 Å². The Bertz CT molecular complexity index is 1890. The molecule has 6 atom stereocenters. The third kappa shape index (κ3) is 71.1. The molecular formula is C79H154O17P2. The zero-order valence-corrected chi connectivity index (χ0v) is 65.9. The number of unbranched alkanes of at least 4 members (excludes halogenated alkanes) is 47. The van der Waals surface area contributed by atoms with E-state index in [4.69, 9.17) is 37.0 Å². The molecule has 0 rings (SSSR count). The van der Waals surface area contributed by atoms with Crippen LogP contribution in [0.15, 0.2) is 0 Å². The zero-order valence-electron chi connectivity index (χ0n) is 64.1. The summed E-state index contributed by atoms with van der Waals surface area (Å²) in [5, 5.41) is 10.6. The number of carbonyl (C=O) groups is 4. The Labute approximate surface area is 600 Å². The van der Waals surface area contributed by atoms with Crippen molar-refractivity contribution in [3.63, 3.8) is 0 Å². The van der Waals surface area contributed by atoms with Gasteiger partial charge in [-0.15, -0.1) is 0 Å². The topological polar surface area (TPSA) is 237 Å². The molecule has 0 fully saturated rings. The summed E-state index contributed by atoms with van der Waals surface area (Å²) in [5.74, 6) is -0.550. The maximum Gasteiger partial charge on any atom is 0.472 e. The molecule has 0 aromatic heterocycles. The molecule has 3 N–H and O–H groups in total. The molecule has 0 aliphatic rings. The molecule has 0 saturated carbocycles. The van der Waals surface area contributed by atoms with Crippen LogP contribution in [0.25, 0.3) is 0 Å². The summed E-state index contributed by atoms with van der Waals surface area (Å²) >= 11 is 0. The van der Waals surface area contributed by atoms with Crippen LogP contribution in [-0.2, 0) is 65.4 Å². The van der Waals surface area contributed by atoms with Crippen molar-refractivity contribution in [1.29, 1.82) is 0 Å². The molecule has 582 valence electrons. The number of esters is 4. The third-order valence-corrected chi connectivity index (χ3v) is 20.7. The van der Waals surface area contributed by atoms with E-state index in [1.807, 2.05) is 0 Å². The van der Waals surface area contributed by atoms with Crippen molar-refractivity contribution in [2.75, 3.05) is 39.6 Å². The predicted molar refractivity (Wildman–Crippen MR) is 400 cm³/mol. The van der Waals surface area contributed by atoms with Crippen molar-refractivity contribution < 1.29 is 80.2 Å². The minimum Gasteiger partial charge on any atom is -0.462 e. The zero-order chi connectivity index (χ0) is 72.1. The van der Waals surface area contributed by atoms with Gasteiger partial charge in [0.05, 0.1) is 26.4 Å². The highest BCUT2D eigenvalue weighted by Crippen LogP contribution is 2.45.